The van der Waals surface area contributed by atoms with Crippen molar-refractivity contribution in [2.45, 2.75) is 38.9 Å². The normalized spacial score (nSPS) is 17.4. The number of hydrogen-bond donors (Lipinski definition) is 0. The first-order valence-electron chi connectivity index (χ1n) is 8.79. The van der Waals surface area contributed by atoms with E-state index in [0.717, 1.165) is 31.5 Å². The summed E-state index contributed by atoms with van der Waals surface area (Å²) in [7, 11) is 0. The van der Waals surface area contributed by atoms with Crippen molar-refractivity contribution in [2.24, 2.45) is 0 Å². The van der Waals surface area contributed by atoms with Crippen molar-refractivity contribution in [2.75, 3.05) is 6.54 Å². The molecule has 0 spiro atoms. The largest absolute Gasteiger partial charge is 0.288 e. The molecular formula is C21H24N2O2. The van der Waals surface area contributed by atoms with Crippen molar-refractivity contribution < 1.29 is 9.59 Å². The van der Waals surface area contributed by atoms with Crippen molar-refractivity contribution >= 4 is 11.8 Å². The number of carbonyl (C=O) groups is 2. The molecule has 4 heteroatoms. The molecule has 3 rings (SSSR count). The van der Waals surface area contributed by atoms with E-state index in [2.05, 4.69) is 17.0 Å². The van der Waals surface area contributed by atoms with Crippen molar-refractivity contribution in [3.05, 3.63) is 71.8 Å². The zero-order valence-electron chi connectivity index (χ0n) is 14.6. The fourth-order valence-corrected chi connectivity index (χ4v) is 3.40. The molecule has 2 amide bonds. The highest BCUT2D eigenvalue weighted by Gasteiger charge is 2.35. The molecule has 1 unspecified atom stereocenters. The van der Waals surface area contributed by atoms with Crippen LogP contribution in [-0.2, 0) is 22.7 Å². The van der Waals surface area contributed by atoms with E-state index in [1.165, 1.54) is 17.4 Å². The topological polar surface area (TPSA) is 40.6 Å². The number of hydrogen-bond acceptors (Lipinski definition) is 3. The van der Waals surface area contributed by atoms with Crippen molar-refractivity contribution in [1.82, 2.24) is 9.80 Å². The molecule has 1 fully saturated rings. The van der Waals surface area contributed by atoms with Gasteiger partial charge in [0.15, 0.2) is 0 Å². The summed E-state index contributed by atoms with van der Waals surface area (Å²) in [6, 6.07) is 19.6. The SMILES string of the molecule is CC(=O)N(Cc1ccccc1)C(=O)C1CCCN1Cc1ccccc1. The van der Waals surface area contributed by atoms with Crippen LogP contribution in [0.3, 0.4) is 0 Å². The number of imide groups is 1. The maximum absolute atomic E-state index is 13.1. The average molecular weight is 336 g/mol. The zero-order chi connectivity index (χ0) is 17.6. The predicted molar refractivity (Wildman–Crippen MR) is 97.5 cm³/mol. The van der Waals surface area contributed by atoms with Crippen LogP contribution in [0.2, 0.25) is 0 Å². The zero-order valence-corrected chi connectivity index (χ0v) is 14.6. The molecule has 0 aliphatic carbocycles. The minimum atomic E-state index is -0.215. The Morgan fingerprint density at radius 3 is 2.20 bits per heavy atom. The van der Waals surface area contributed by atoms with Crippen molar-refractivity contribution in [3.63, 3.8) is 0 Å². The molecule has 0 saturated carbocycles. The Morgan fingerprint density at radius 2 is 1.60 bits per heavy atom. The summed E-state index contributed by atoms with van der Waals surface area (Å²) in [6.07, 6.45) is 1.80. The van der Waals surface area contributed by atoms with Gasteiger partial charge in [0.1, 0.15) is 0 Å². The number of likely N-dealkylation sites (tertiary alicyclic amines) is 1. The van der Waals surface area contributed by atoms with Gasteiger partial charge >= 0.3 is 0 Å². The van der Waals surface area contributed by atoms with E-state index >= 15 is 0 Å². The molecule has 0 bridgehead atoms. The molecule has 2 aromatic carbocycles. The second-order valence-corrected chi connectivity index (χ2v) is 6.54. The molecule has 1 heterocycles. The van der Waals surface area contributed by atoms with Crippen molar-refractivity contribution in [1.29, 1.82) is 0 Å². The highest BCUT2D eigenvalue weighted by atomic mass is 16.2. The van der Waals surface area contributed by atoms with E-state index in [9.17, 15) is 9.59 Å². The van der Waals surface area contributed by atoms with E-state index < -0.39 is 0 Å². The van der Waals surface area contributed by atoms with Crippen LogP contribution in [0.4, 0.5) is 0 Å². The number of benzene rings is 2. The maximum Gasteiger partial charge on any atom is 0.246 e. The first-order valence-corrected chi connectivity index (χ1v) is 8.79. The van der Waals surface area contributed by atoms with Gasteiger partial charge in [-0.3, -0.25) is 19.4 Å². The first kappa shape index (κ1) is 17.4. The van der Waals surface area contributed by atoms with Crippen molar-refractivity contribution in [3.8, 4) is 0 Å². The van der Waals surface area contributed by atoms with Crippen LogP contribution in [0.1, 0.15) is 30.9 Å². The number of carbonyl (C=O) groups excluding carboxylic acids is 2. The second kappa shape index (κ2) is 8.08. The molecule has 0 radical (unpaired) electrons. The molecule has 0 N–H and O–H groups in total. The van der Waals surface area contributed by atoms with Crippen LogP contribution in [0.15, 0.2) is 60.7 Å². The van der Waals surface area contributed by atoms with E-state index in [1.807, 2.05) is 48.5 Å². The molecule has 1 saturated heterocycles. The second-order valence-electron chi connectivity index (χ2n) is 6.54. The van der Waals surface area contributed by atoms with Gasteiger partial charge in [0, 0.05) is 13.5 Å². The molecule has 1 aliphatic rings. The van der Waals surface area contributed by atoms with E-state index in [4.69, 9.17) is 0 Å². The lowest BCUT2D eigenvalue weighted by molar-refractivity contribution is -0.147. The summed E-state index contributed by atoms with van der Waals surface area (Å²) >= 11 is 0. The summed E-state index contributed by atoms with van der Waals surface area (Å²) in [5, 5.41) is 0. The fraction of sp³-hybridized carbons (Fsp3) is 0.333. The van der Waals surface area contributed by atoms with Gasteiger partial charge in [-0.2, -0.15) is 0 Å². The minimum absolute atomic E-state index is 0.0789. The van der Waals surface area contributed by atoms with Crippen LogP contribution < -0.4 is 0 Å². The minimum Gasteiger partial charge on any atom is -0.288 e. The van der Waals surface area contributed by atoms with Gasteiger partial charge in [-0.05, 0) is 30.5 Å². The molecule has 1 aliphatic heterocycles. The van der Waals surface area contributed by atoms with Gasteiger partial charge in [-0.15, -0.1) is 0 Å². The van der Waals surface area contributed by atoms with Crippen LogP contribution in [0.5, 0.6) is 0 Å². The Kier molecular flexibility index (Phi) is 5.61. The van der Waals surface area contributed by atoms with Gasteiger partial charge in [-0.1, -0.05) is 60.7 Å². The van der Waals surface area contributed by atoms with Gasteiger partial charge in [-0.25, -0.2) is 0 Å². The van der Waals surface area contributed by atoms with Crippen LogP contribution in [-0.4, -0.2) is 34.2 Å². The monoisotopic (exact) mass is 336 g/mol. The molecular weight excluding hydrogens is 312 g/mol. The lowest BCUT2D eigenvalue weighted by Gasteiger charge is -2.28. The first-order chi connectivity index (χ1) is 12.1. The Morgan fingerprint density at radius 1 is 1.00 bits per heavy atom. The van der Waals surface area contributed by atoms with Crippen LogP contribution >= 0.6 is 0 Å². The molecule has 4 nitrogen and oxygen atoms in total. The predicted octanol–water partition coefficient (Wildman–Crippen LogP) is 3.23. The van der Waals surface area contributed by atoms with Gasteiger partial charge in [0.2, 0.25) is 11.8 Å². The Hall–Kier alpha value is -2.46. The third kappa shape index (κ3) is 4.34. The highest BCUT2D eigenvalue weighted by Crippen LogP contribution is 2.23. The van der Waals surface area contributed by atoms with Gasteiger partial charge in [0.25, 0.3) is 0 Å². The summed E-state index contributed by atoms with van der Waals surface area (Å²) in [5.41, 5.74) is 2.17. The van der Waals surface area contributed by atoms with Crippen LogP contribution in [0.25, 0.3) is 0 Å². The van der Waals surface area contributed by atoms with E-state index in [-0.39, 0.29) is 17.9 Å². The molecule has 25 heavy (non-hydrogen) atoms. The Bertz CT molecular complexity index is 715. The van der Waals surface area contributed by atoms with Gasteiger partial charge < -0.3 is 0 Å². The average Bonchev–Trinajstić information content (AvgIpc) is 3.09. The summed E-state index contributed by atoms with van der Waals surface area (Å²) in [4.78, 5) is 28.7. The Labute approximate surface area is 149 Å². The fourth-order valence-electron chi connectivity index (χ4n) is 3.40. The highest BCUT2D eigenvalue weighted by molar-refractivity contribution is 5.97. The lowest BCUT2D eigenvalue weighted by atomic mass is 10.1. The standard InChI is InChI=1S/C21H24N2O2/c1-17(24)23(16-19-11-6-3-7-12-19)21(25)20-13-8-14-22(20)15-18-9-4-2-5-10-18/h2-7,9-12,20H,8,13-16H2,1H3. The van der Waals surface area contributed by atoms with Crippen LogP contribution in [0, 0.1) is 0 Å². The number of amides is 2. The number of nitrogens with zero attached hydrogens (tertiary/aromatic N) is 2. The summed E-state index contributed by atoms with van der Waals surface area (Å²) in [6.45, 7) is 3.44. The maximum atomic E-state index is 13.1. The lowest BCUT2D eigenvalue weighted by Crippen LogP contribution is -2.46. The summed E-state index contributed by atoms with van der Waals surface area (Å²) in [5.74, 6) is -0.273. The van der Waals surface area contributed by atoms with E-state index in [1.54, 1.807) is 0 Å². The third-order valence-electron chi connectivity index (χ3n) is 4.71. The number of rotatable bonds is 5. The third-order valence-corrected chi connectivity index (χ3v) is 4.71. The Balaban J connectivity index is 1.73. The quantitative estimate of drug-likeness (QED) is 0.842. The van der Waals surface area contributed by atoms with E-state index in [0.29, 0.717) is 6.54 Å². The molecule has 2 aromatic rings. The smallest absolute Gasteiger partial charge is 0.246 e. The summed E-state index contributed by atoms with van der Waals surface area (Å²) < 4.78 is 0. The molecule has 1 atom stereocenters. The molecule has 130 valence electrons. The molecule has 0 aromatic heterocycles. The van der Waals surface area contributed by atoms with Gasteiger partial charge in [0.05, 0.1) is 12.6 Å².